The molecule has 2 aliphatic rings. The predicted octanol–water partition coefficient (Wildman–Crippen LogP) is 5.57. The quantitative estimate of drug-likeness (QED) is 0.288. The molecule has 0 saturated carbocycles. The number of carbonyl (C=O) groups is 1. The Labute approximate surface area is 212 Å². The molecule has 1 heterocycles. The molecule has 0 radical (unpaired) electrons. The van der Waals surface area contributed by atoms with Crippen molar-refractivity contribution in [3.8, 4) is 5.75 Å². The number of aliphatic hydroxyl groups is 1. The molecule has 1 aromatic rings. The summed E-state index contributed by atoms with van der Waals surface area (Å²) < 4.78 is 5.80. The normalized spacial score (nSPS) is 22.8. The number of hydrogen-bond donors (Lipinski definition) is 1. The van der Waals surface area contributed by atoms with Crippen LogP contribution < -0.4 is 4.74 Å². The van der Waals surface area contributed by atoms with Crippen molar-refractivity contribution < 1.29 is 19.5 Å². The summed E-state index contributed by atoms with van der Waals surface area (Å²) in [5, 5.41) is 15.6. The average molecular weight is 474 g/mol. The molecule has 3 unspecified atom stereocenters. The van der Waals surface area contributed by atoms with Crippen molar-refractivity contribution in [3.63, 3.8) is 0 Å². The summed E-state index contributed by atoms with van der Waals surface area (Å²) in [6, 6.07) is 7.14. The molecule has 1 aliphatic carbocycles. The molecule has 32 heavy (non-hydrogen) atoms. The SMILES string of the molecule is CCCC(=NOCC(C)Oc1ccc(Cl)cc1)C1=C(O)CC(C2CCCSC2)CC1=O.[LiH]. The molecule has 5 nitrogen and oxygen atoms in total. The number of carbonyl (C=O) groups excluding carboxylic acids is 1. The molecule has 1 aliphatic heterocycles. The minimum absolute atomic E-state index is 0. The van der Waals surface area contributed by atoms with Gasteiger partial charge in [-0.3, -0.25) is 4.79 Å². The maximum atomic E-state index is 12.9. The molecule has 172 valence electrons. The van der Waals surface area contributed by atoms with Crippen LogP contribution in [0.2, 0.25) is 5.02 Å². The molecule has 1 saturated heterocycles. The molecule has 0 spiro atoms. The van der Waals surface area contributed by atoms with Crippen LogP contribution in [0.15, 0.2) is 40.8 Å². The number of ketones is 1. The first-order chi connectivity index (χ1) is 15.0. The monoisotopic (exact) mass is 473 g/mol. The minimum atomic E-state index is -0.231. The number of ether oxygens (including phenoxy) is 1. The Balaban J connectivity index is 0.00000363. The Hall–Kier alpha value is -1.06. The van der Waals surface area contributed by atoms with Crippen LogP contribution in [-0.4, -0.2) is 59.7 Å². The van der Waals surface area contributed by atoms with Gasteiger partial charge in [0.05, 0.1) is 11.3 Å². The van der Waals surface area contributed by atoms with Crippen molar-refractivity contribution in [1.82, 2.24) is 0 Å². The van der Waals surface area contributed by atoms with E-state index in [1.54, 1.807) is 24.3 Å². The number of allylic oxidation sites excluding steroid dienone is 2. The number of Topliss-reactive ketones (excluding diaryl/α,β-unsaturated/α-hetero) is 1. The number of hydrogen-bond acceptors (Lipinski definition) is 6. The van der Waals surface area contributed by atoms with Crippen LogP contribution in [-0.2, 0) is 9.63 Å². The second-order valence-corrected chi connectivity index (χ2v) is 9.94. The van der Waals surface area contributed by atoms with Gasteiger partial charge in [0.25, 0.3) is 0 Å². The van der Waals surface area contributed by atoms with Crippen molar-refractivity contribution in [2.75, 3.05) is 18.1 Å². The van der Waals surface area contributed by atoms with Crippen molar-refractivity contribution in [2.45, 2.75) is 58.5 Å². The van der Waals surface area contributed by atoms with Gasteiger partial charge in [-0.25, -0.2) is 0 Å². The number of thioether (sulfide) groups is 1. The molecule has 1 aromatic carbocycles. The standard InChI is InChI=1S/C24H32ClNO4S.Li.H/c1-3-5-21(26-29-14-16(2)30-20-9-7-19(25)8-10-20)24-22(27)12-18(13-23(24)28)17-6-4-11-31-15-17;;/h7-10,16-18,27H,3-6,11-15H2,1-2H3;;. The van der Waals surface area contributed by atoms with Gasteiger partial charge in [-0.1, -0.05) is 30.1 Å². The van der Waals surface area contributed by atoms with Crippen molar-refractivity contribution >= 4 is 53.7 Å². The zero-order chi connectivity index (χ0) is 22.2. The Kier molecular flexibility index (Phi) is 11.6. The number of halogens is 1. The summed E-state index contributed by atoms with van der Waals surface area (Å²) in [4.78, 5) is 18.5. The van der Waals surface area contributed by atoms with E-state index in [4.69, 9.17) is 21.2 Å². The molecule has 1 fully saturated rings. The van der Waals surface area contributed by atoms with Gasteiger partial charge in [-0.05, 0) is 73.8 Å². The summed E-state index contributed by atoms with van der Waals surface area (Å²) in [5.41, 5.74) is 0.910. The summed E-state index contributed by atoms with van der Waals surface area (Å²) >= 11 is 7.85. The fourth-order valence-electron chi connectivity index (χ4n) is 4.17. The van der Waals surface area contributed by atoms with E-state index < -0.39 is 0 Å². The van der Waals surface area contributed by atoms with Gasteiger partial charge in [0, 0.05) is 17.9 Å². The van der Waals surface area contributed by atoms with Crippen LogP contribution in [0, 0.1) is 11.8 Å². The van der Waals surface area contributed by atoms with Crippen LogP contribution >= 0.6 is 23.4 Å². The second-order valence-electron chi connectivity index (χ2n) is 8.36. The van der Waals surface area contributed by atoms with Gasteiger partial charge in [-0.15, -0.1) is 0 Å². The van der Waals surface area contributed by atoms with Crippen molar-refractivity contribution in [2.24, 2.45) is 17.0 Å². The zero-order valence-electron chi connectivity index (χ0n) is 18.3. The van der Waals surface area contributed by atoms with Gasteiger partial charge in [0.1, 0.15) is 17.6 Å². The van der Waals surface area contributed by atoms with Gasteiger partial charge in [0.15, 0.2) is 12.4 Å². The molecule has 0 aromatic heterocycles. The number of aliphatic hydroxyl groups excluding tert-OH is 1. The van der Waals surface area contributed by atoms with Crippen molar-refractivity contribution in [3.05, 3.63) is 40.6 Å². The van der Waals surface area contributed by atoms with E-state index in [-0.39, 0.29) is 49.0 Å². The van der Waals surface area contributed by atoms with Crippen molar-refractivity contribution in [1.29, 1.82) is 0 Å². The number of benzene rings is 1. The number of oxime groups is 1. The third kappa shape index (κ3) is 7.76. The van der Waals surface area contributed by atoms with Gasteiger partial charge in [-0.2, -0.15) is 11.8 Å². The number of rotatable bonds is 9. The summed E-state index contributed by atoms with van der Waals surface area (Å²) in [5.74, 6) is 3.91. The van der Waals surface area contributed by atoms with Crippen LogP contribution in [0.4, 0.5) is 0 Å². The van der Waals surface area contributed by atoms with E-state index in [2.05, 4.69) is 5.16 Å². The van der Waals surface area contributed by atoms with Gasteiger partial charge >= 0.3 is 18.9 Å². The van der Waals surface area contributed by atoms with E-state index in [1.807, 2.05) is 25.6 Å². The van der Waals surface area contributed by atoms with Crippen LogP contribution in [0.1, 0.15) is 52.4 Å². The molecule has 8 heteroatoms. The van der Waals surface area contributed by atoms with E-state index in [1.165, 1.54) is 12.2 Å². The Morgan fingerprint density at radius 2 is 2.03 bits per heavy atom. The first-order valence-corrected chi connectivity index (χ1v) is 12.7. The van der Waals surface area contributed by atoms with Gasteiger partial charge in [0.2, 0.25) is 0 Å². The van der Waals surface area contributed by atoms with Crippen LogP contribution in [0.5, 0.6) is 5.75 Å². The molecule has 3 rings (SSSR count). The third-order valence-electron chi connectivity index (χ3n) is 5.74. The Morgan fingerprint density at radius 1 is 1.28 bits per heavy atom. The fraction of sp³-hybridized carbons (Fsp3) is 0.583. The zero-order valence-corrected chi connectivity index (χ0v) is 19.9. The first kappa shape index (κ1) is 27.2. The summed E-state index contributed by atoms with van der Waals surface area (Å²) in [7, 11) is 0. The molecule has 0 amide bonds. The topological polar surface area (TPSA) is 68.1 Å². The fourth-order valence-corrected chi connectivity index (χ4v) is 5.58. The summed E-state index contributed by atoms with van der Waals surface area (Å²) in [6.45, 7) is 4.15. The van der Waals surface area contributed by atoms with E-state index in [9.17, 15) is 9.90 Å². The van der Waals surface area contributed by atoms with E-state index >= 15 is 0 Å². The Bertz CT molecular complexity index is 809. The van der Waals surface area contributed by atoms with Crippen LogP contribution in [0.3, 0.4) is 0 Å². The average Bonchev–Trinajstić information content (AvgIpc) is 2.75. The molecule has 3 atom stereocenters. The number of nitrogens with zero attached hydrogens (tertiary/aromatic N) is 1. The second kappa shape index (κ2) is 13.6. The maximum absolute atomic E-state index is 12.9. The molecular formula is C24H33ClLiNO4S. The van der Waals surface area contributed by atoms with E-state index in [0.717, 1.165) is 18.6 Å². The van der Waals surface area contributed by atoms with Gasteiger partial charge < -0.3 is 14.7 Å². The van der Waals surface area contributed by atoms with Crippen LogP contribution in [0.25, 0.3) is 0 Å². The Morgan fingerprint density at radius 3 is 2.66 bits per heavy atom. The molecule has 1 N–H and O–H groups in total. The molecular weight excluding hydrogens is 441 g/mol. The summed E-state index contributed by atoms with van der Waals surface area (Å²) in [6.07, 6.45) is 4.56. The van der Waals surface area contributed by atoms with E-state index in [0.29, 0.717) is 47.2 Å². The first-order valence-electron chi connectivity index (χ1n) is 11.1. The third-order valence-corrected chi connectivity index (χ3v) is 7.24. The molecule has 0 bridgehead atoms. The predicted molar refractivity (Wildman–Crippen MR) is 134 cm³/mol.